The zero-order valence-corrected chi connectivity index (χ0v) is 16.4. The number of amides is 2. The molecule has 2 amide bonds. The topological polar surface area (TPSA) is 82.2 Å². The molecular weight excluding hydrogens is 354 g/mol. The van der Waals surface area contributed by atoms with Crippen molar-refractivity contribution in [1.29, 1.82) is 0 Å². The third-order valence-corrected chi connectivity index (χ3v) is 6.01. The second-order valence-electron chi connectivity index (χ2n) is 8.14. The first kappa shape index (κ1) is 18.7. The molecule has 7 nitrogen and oxygen atoms in total. The third-order valence-electron chi connectivity index (χ3n) is 6.01. The molecule has 4 rings (SSSR count). The lowest BCUT2D eigenvalue weighted by atomic mass is 9.73. The van der Waals surface area contributed by atoms with E-state index in [-0.39, 0.29) is 17.2 Å². The molecule has 1 atom stereocenters. The monoisotopic (exact) mass is 381 g/mol. The second kappa shape index (κ2) is 7.73. The molecule has 0 bridgehead atoms. The van der Waals surface area contributed by atoms with Gasteiger partial charge >= 0.3 is 0 Å². The second-order valence-corrected chi connectivity index (χ2v) is 8.14. The van der Waals surface area contributed by atoms with Crippen molar-refractivity contribution < 1.29 is 9.59 Å². The molecule has 0 saturated carbocycles. The van der Waals surface area contributed by atoms with Gasteiger partial charge in [0, 0.05) is 62.0 Å². The average molecular weight is 381 g/mol. The highest BCUT2D eigenvalue weighted by molar-refractivity contribution is 5.92. The first-order valence-corrected chi connectivity index (χ1v) is 10.0. The smallest absolute Gasteiger partial charge is 0.272 e. The fourth-order valence-electron chi connectivity index (χ4n) is 4.52. The number of carbonyl (C=O) groups is 2. The highest BCUT2D eigenvalue weighted by Crippen LogP contribution is 2.39. The molecule has 1 spiro atoms. The van der Waals surface area contributed by atoms with Crippen LogP contribution in [-0.4, -0.2) is 62.7 Å². The number of imidazole rings is 1. The number of pyridine rings is 1. The first-order chi connectivity index (χ1) is 13.5. The van der Waals surface area contributed by atoms with Gasteiger partial charge in [-0.05, 0) is 38.3 Å². The quantitative estimate of drug-likeness (QED) is 0.880. The van der Waals surface area contributed by atoms with E-state index in [4.69, 9.17) is 0 Å². The van der Waals surface area contributed by atoms with Crippen molar-refractivity contribution >= 4 is 11.8 Å². The van der Waals surface area contributed by atoms with Gasteiger partial charge in [-0.25, -0.2) is 9.97 Å². The first-order valence-electron chi connectivity index (χ1n) is 10.0. The van der Waals surface area contributed by atoms with Crippen LogP contribution in [0, 0.1) is 12.3 Å². The van der Waals surface area contributed by atoms with Crippen LogP contribution in [0.3, 0.4) is 0 Å². The van der Waals surface area contributed by atoms with Crippen molar-refractivity contribution in [2.75, 3.05) is 26.2 Å². The lowest BCUT2D eigenvalue weighted by Crippen LogP contribution is -2.55. The number of aryl methyl sites for hydroxylation is 1. The molecule has 2 aromatic heterocycles. The summed E-state index contributed by atoms with van der Waals surface area (Å²) in [5.74, 6) is 0.220. The number of nitrogens with one attached hydrogen (secondary N) is 1. The fraction of sp³-hybridized carbons (Fsp3) is 0.524. The zero-order chi connectivity index (χ0) is 19.6. The number of aromatic nitrogens is 3. The lowest BCUT2D eigenvalue weighted by molar-refractivity contribution is -0.138. The van der Waals surface area contributed by atoms with E-state index >= 15 is 0 Å². The van der Waals surface area contributed by atoms with E-state index in [0.717, 1.165) is 50.2 Å². The molecule has 2 aliphatic heterocycles. The van der Waals surface area contributed by atoms with Gasteiger partial charge < -0.3 is 14.8 Å². The number of nitrogens with zero attached hydrogens (tertiary/aromatic N) is 4. The van der Waals surface area contributed by atoms with Crippen LogP contribution < -0.4 is 0 Å². The standard InChI is InChI=1S/C21H27N5O2/c1-16-4-2-5-18(24-16)20(28)26-10-3-8-21(14-26)9-6-19(27)25(13-21)11-7-17-12-22-15-23-17/h2,4-5,12,15H,3,6-11,13-14H2,1H3,(H,22,23). The Bertz CT molecular complexity index is 850. The number of likely N-dealkylation sites (tertiary alicyclic amines) is 2. The molecular formula is C21H27N5O2. The maximum atomic E-state index is 13.0. The van der Waals surface area contributed by atoms with Gasteiger partial charge in [0.2, 0.25) is 5.91 Å². The van der Waals surface area contributed by atoms with Gasteiger partial charge in [-0.1, -0.05) is 6.07 Å². The Balaban J connectivity index is 1.44. The minimum absolute atomic E-state index is 0.000367. The fourth-order valence-corrected chi connectivity index (χ4v) is 4.52. The SMILES string of the molecule is Cc1cccc(C(=O)N2CCCC3(CCC(=O)N(CCc4cnc[nH]4)C3)C2)n1. The summed E-state index contributed by atoms with van der Waals surface area (Å²) in [6, 6.07) is 5.57. The van der Waals surface area contributed by atoms with E-state index in [0.29, 0.717) is 25.2 Å². The molecule has 148 valence electrons. The van der Waals surface area contributed by atoms with Crippen molar-refractivity contribution in [3.05, 3.63) is 47.8 Å². The van der Waals surface area contributed by atoms with E-state index in [2.05, 4.69) is 15.0 Å². The predicted molar refractivity (Wildman–Crippen MR) is 105 cm³/mol. The maximum Gasteiger partial charge on any atom is 0.272 e. The predicted octanol–water partition coefficient (Wildman–Crippen LogP) is 2.20. The van der Waals surface area contributed by atoms with Crippen molar-refractivity contribution in [1.82, 2.24) is 24.8 Å². The van der Waals surface area contributed by atoms with Gasteiger partial charge in [0.1, 0.15) is 5.69 Å². The minimum atomic E-state index is -0.000367. The molecule has 2 aromatic rings. The summed E-state index contributed by atoms with van der Waals surface area (Å²) >= 11 is 0. The Morgan fingerprint density at radius 3 is 2.96 bits per heavy atom. The van der Waals surface area contributed by atoms with Crippen LogP contribution in [0.1, 0.15) is 47.6 Å². The summed E-state index contributed by atoms with van der Waals surface area (Å²) in [5, 5.41) is 0. The van der Waals surface area contributed by atoms with Crippen molar-refractivity contribution in [2.24, 2.45) is 5.41 Å². The summed E-state index contributed by atoms with van der Waals surface area (Å²) in [6.07, 6.45) is 7.70. The van der Waals surface area contributed by atoms with E-state index in [1.165, 1.54) is 0 Å². The number of piperidine rings is 2. The van der Waals surface area contributed by atoms with Crippen LogP contribution in [0.4, 0.5) is 0 Å². The Labute approximate surface area is 165 Å². The number of rotatable bonds is 4. The van der Waals surface area contributed by atoms with Gasteiger partial charge in [0.25, 0.3) is 5.91 Å². The van der Waals surface area contributed by atoms with E-state index in [9.17, 15) is 9.59 Å². The van der Waals surface area contributed by atoms with Gasteiger partial charge in [0.05, 0.1) is 6.33 Å². The van der Waals surface area contributed by atoms with Crippen LogP contribution in [0.5, 0.6) is 0 Å². The van der Waals surface area contributed by atoms with E-state index in [1.807, 2.05) is 28.9 Å². The lowest BCUT2D eigenvalue weighted by Gasteiger charge is -2.48. The molecule has 1 N–H and O–H groups in total. The summed E-state index contributed by atoms with van der Waals surface area (Å²) in [7, 11) is 0. The minimum Gasteiger partial charge on any atom is -0.348 e. The molecule has 7 heteroatoms. The van der Waals surface area contributed by atoms with Crippen LogP contribution >= 0.6 is 0 Å². The molecule has 1 unspecified atom stereocenters. The highest BCUT2D eigenvalue weighted by Gasteiger charge is 2.42. The Morgan fingerprint density at radius 2 is 2.18 bits per heavy atom. The van der Waals surface area contributed by atoms with Crippen molar-refractivity contribution in [3.8, 4) is 0 Å². The Kier molecular flexibility index (Phi) is 5.15. The Morgan fingerprint density at radius 1 is 1.29 bits per heavy atom. The molecule has 28 heavy (non-hydrogen) atoms. The number of hydrogen-bond donors (Lipinski definition) is 1. The number of aromatic amines is 1. The molecule has 2 fully saturated rings. The molecule has 0 aromatic carbocycles. The Hall–Kier alpha value is -2.70. The number of H-pyrrole nitrogens is 1. The van der Waals surface area contributed by atoms with Crippen molar-refractivity contribution in [2.45, 2.75) is 39.0 Å². The summed E-state index contributed by atoms with van der Waals surface area (Å²) in [4.78, 5) is 40.9. The molecule has 4 heterocycles. The molecule has 0 radical (unpaired) electrons. The van der Waals surface area contributed by atoms with Crippen LogP contribution in [0.2, 0.25) is 0 Å². The molecule has 2 saturated heterocycles. The van der Waals surface area contributed by atoms with Crippen LogP contribution in [0.25, 0.3) is 0 Å². The molecule has 2 aliphatic rings. The van der Waals surface area contributed by atoms with Crippen molar-refractivity contribution in [3.63, 3.8) is 0 Å². The van der Waals surface area contributed by atoms with Crippen LogP contribution in [0.15, 0.2) is 30.7 Å². The average Bonchev–Trinajstić information content (AvgIpc) is 3.22. The summed E-state index contributed by atoms with van der Waals surface area (Å²) < 4.78 is 0. The van der Waals surface area contributed by atoms with E-state index < -0.39 is 0 Å². The molecule has 0 aliphatic carbocycles. The summed E-state index contributed by atoms with van der Waals surface area (Å²) in [5.41, 5.74) is 2.41. The summed E-state index contributed by atoms with van der Waals surface area (Å²) in [6.45, 7) is 4.79. The number of hydrogen-bond acceptors (Lipinski definition) is 4. The highest BCUT2D eigenvalue weighted by atomic mass is 16.2. The van der Waals surface area contributed by atoms with Crippen LogP contribution in [-0.2, 0) is 11.2 Å². The number of carbonyl (C=O) groups excluding carboxylic acids is 2. The third kappa shape index (κ3) is 3.93. The zero-order valence-electron chi connectivity index (χ0n) is 16.4. The largest absolute Gasteiger partial charge is 0.348 e. The van der Waals surface area contributed by atoms with Gasteiger partial charge in [-0.2, -0.15) is 0 Å². The normalized spacial score (nSPS) is 22.7. The van der Waals surface area contributed by atoms with Gasteiger partial charge in [-0.3, -0.25) is 9.59 Å². The maximum absolute atomic E-state index is 13.0. The van der Waals surface area contributed by atoms with Gasteiger partial charge in [-0.15, -0.1) is 0 Å². The van der Waals surface area contributed by atoms with E-state index in [1.54, 1.807) is 18.6 Å². The van der Waals surface area contributed by atoms with Gasteiger partial charge in [0.15, 0.2) is 0 Å².